The second-order valence-corrected chi connectivity index (χ2v) is 4.88. The first kappa shape index (κ1) is 14.1. The summed E-state index contributed by atoms with van der Waals surface area (Å²) in [6, 6.07) is 5.53. The maximum absolute atomic E-state index is 12.1. The molecular formula is C13H19NO2S. The summed E-state index contributed by atoms with van der Waals surface area (Å²) in [5.41, 5.74) is 1.61. The van der Waals surface area contributed by atoms with E-state index in [1.54, 1.807) is 24.9 Å². The van der Waals surface area contributed by atoms with Crippen LogP contribution in [0.15, 0.2) is 23.1 Å². The summed E-state index contributed by atoms with van der Waals surface area (Å²) in [7, 11) is 1.75. The van der Waals surface area contributed by atoms with E-state index in [1.165, 1.54) is 0 Å². The Labute approximate surface area is 108 Å². The number of nitrogens with zero attached hydrogens (tertiary/aromatic N) is 1. The van der Waals surface area contributed by atoms with Crippen LogP contribution in [0.25, 0.3) is 0 Å². The molecule has 0 aromatic heterocycles. The van der Waals surface area contributed by atoms with Crippen LogP contribution in [-0.4, -0.2) is 35.6 Å². The molecule has 1 atom stereocenters. The average Bonchev–Trinajstić information content (AvgIpc) is 2.28. The van der Waals surface area contributed by atoms with Gasteiger partial charge in [0.25, 0.3) is 5.91 Å². The van der Waals surface area contributed by atoms with Crippen molar-refractivity contribution >= 4 is 18.5 Å². The standard InChI is InChI=1S/C13H19NO2S/c1-9-4-5-11(17)8-12(9)13(16)14(3)7-6-10(2)15/h4-5,8,10,15,17H,6-7H2,1-3H3. The number of aryl methyl sites for hydroxylation is 1. The minimum Gasteiger partial charge on any atom is -0.393 e. The highest BCUT2D eigenvalue weighted by Crippen LogP contribution is 2.15. The molecule has 1 aromatic carbocycles. The van der Waals surface area contributed by atoms with Crippen molar-refractivity contribution in [3.05, 3.63) is 29.3 Å². The van der Waals surface area contributed by atoms with Gasteiger partial charge in [-0.1, -0.05) is 6.07 Å². The molecule has 1 aromatic rings. The predicted octanol–water partition coefficient (Wildman–Crippen LogP) is 2.13. The molecule has 0 saturated carbocycles. The number of carbonyl (C=O) groups is 1. The van der Waals surface area contributed by atoms with Gasteiger partial charge in [-0.25, -0.2) is 0 Å². The van der Waals surface area contributed by atoms with Gasteiger partial charge in [0.2, 0.25) is 0 Å². The molecule has 0 heterocycles. The van der Waals surface area contributed by atoms with Crippen LogP contribution in [0.3, 0.4) is 0 Å². The minimum atomic E-state index is -0.387. The van der Waals surface area contributed by atoms with E-state index in [-0.39, 0.29) is 12.0 Å². The number of thiol groups is 1. The largest absolute Gasteiger partial charge is 0.393 e. The smallest absolute Gasteiger partial charge is 0.253 e. The van der Waals surface area contributed by atoms with Crippen molar-refractivity contribution in [1.82, 2.24) is 4.90 Å². The van der Waals surface area contributed by atoms with Gasteiger partial charge in [-0.2, -0.15) is 0 Å². The van der Waals surface area contributed by atoms with Gasteiger partial charge in [0.05, 0.1) is 6.10 Å². The summed E-state index contributed by atoms with van der Waals surface area (Å²) in [5, 5.41) is 9.20. The summed E-state index contributed by atoms with van der Waals surface area (Å²) in [6.07, 6.45) is 0.199. The Kier molecular flexibility index (Phi) is 5.02. The number of benzene rings is 1. The number of carbonyl (C=O) groups excluding carboxylic acids is 1. The number of rotatable bonds is 4. The molecular weight excluding hydrogens is 234 g/mol. The van der Waals surface area contributed by atoms with Crippen LogP contribution in [0.1, 0.15) is 29.3 Å². The predicted molar refractivity (Wildman–Crippen MR) is 71.7 cm³/mol. The first-order chi connectivity index (χ1) is 7.91. The Bertz CT molecular complexity index is 404. The van der Waals surface area contributed by atoms with Gasteiger partial charge in [-0.3, -0.25) is 4.79 Å². The minimum absolute atomic E-state index is 0.0287. The monoisotopic (exact) mass is 253 g/mol. The van der Waals surface area contributed by atoms with Crippen molar-refractivity contribution in [2.45, 2.75) is 31.3 Å². The van der Waals surface area contributed by atoms with Crippen molar-refractivity contribution < 1.29 is 9.90 Å². The first-order valence-electron chi connectivity index (χ1n) is 5.65. The lowest BCUT2D eigenvalue weighted by molar-refractivity contribution is 0.0768. The zero-order valence-electron chi connectivity index (χ0n) is 10.5. The van der Waals surface area contributed by atoms with E-state index in [4.69, 9.17) is 0 Å². The highest BCUT2D eigenvalue weighted by atomic mass is 32.1. The lowest BCUT2D eigenvalue weighted by Crippen LogP contribution is -2.29. The molecule has 3 nitrogen and oxygen atoms in total. The summed E-state index contributed by atoms with van der Waals surface area (Å²) < 4.78 is 0. The fourth-order valence-corrected chi connectivity index (χ4v) is 1.73. The number of aliphatic hydroxyl groups is 1. The second kappa shape index (κ2) is 6.07. The highest BCUT2D eigenvalue weighted by molar-refractivity contribution is 7.80. The second-order valence-electron chi connectivity index (χ2n) is 4.36. The maximum atomic E-state index is 12.1. The summed E-state index contributed by atoms with van der Waals surface area (Å²) in [5.74, 6) is -0.0287. The molecule has 0 aliphatic heterocycles. The van der Waals surface area contributed by atoms with E-state index < -0.39 is 0 Å². The van der Waals surface area contributed by atoms with Gasteiger partial charge < -0.3 is 10.0 Å². The van der Waals surface area contributed by atoms with Crippen LogP contribution >= 0.6 is 12.6 Å². The van der Waals surface area contributed by atoms with Gasteiger partial charge in [-0.05, 0) is 38.0 Å². The van der Waals surface area contributed by atoms with Gasteiger partial charge in [0.15, 0.2) is 0 Å². The van der Waals surface area contributed by atoms with E-state index in [0.29, 0.717) is 18.5 Å². The maximum Gasteiger partial charge on any atom is 0.253 e. The lowest BCUT2D eigenvalue weighted by Gasteiger charge is -2.19. The van der Waals surface area contributed by atoms with Crippen LogP contribution in [0, 0.1) is 6.92 Å². The third-order valence-electron chi connectivity index (χ3n) is 2.68. The normalized spacial score (nSPS) is 12.3. The molecule has 0 bridgehead atoms. The Hall–Kier alpha value is -1.00. The summed E-state index contributed by atoms with van der Waals surface area (Å²) in [4.78, 5) is 14.5. The molecule has 0 aliphatic carbocycles. The van der Waals surface area contributed by atoms with Gasteiger partial charge >= 0.3 is 0 Å². The molecule has 1 amide bonds. The van der Waals surface area contributed by atoms with Gasteiger partial charge in [-0.15, -0.1) is 12.6 Å². The van der Waals surface area contributed by atoms with Crippen LogP contribution in [-0.2, 0) is 0 Å². The topological polar surface area (TPSA) is 40.5 Å². The molecule has 0 fully saturated rings. The Morgan fingerprint density at radius 3 is 2.76 bits per heavy atom. The molecule has 0 aliphatic rings. The number of amides is 1. The average molecular weight is 253 g/mol. The first-order valence-corrected chi connectivity index (χ1v) is 6.09. The van der Waals surface area contributed by atoms with Crippen LogP contribution in [0.5, 0.6) is 0 Å². The fraction of sp³-hybridized carbons (Fsp3) is 0.462. The van der Waals surface area contributed by atoms with E-state index in [2.05, 4.69) is 12.6 Å². The van der Waals surface area contributed by atoms with E-state index in [9.17, 15) is 9.90 Å². The molecule has 0 saturated heterocycles. The molecule has 94 valence electrons. The number of aliphatic hydroxyl groups excluding tert-OH is 1. The van der Waals surface area contributed by atoms with Crippen LogP contribution < -0.4 is 0 Å². The number of hydrogen-bond donors (Lipinski definition) is 2. The summed E-state index contributed by atoms with van der Waals surface area (Å²) in [6.45, 7) is 4.17. The van der Waals surface area contributed by atoms with Crippen molar-refractivity contribution in [2.24, 2.45) is 0 Å². The molecule has 1 rings (SSSR count). The zero-order valence-corrected chi connectivity index (χ0v) is 11.4. The molecule has 0 radical (unpaired) electrons. The van der Waals surface area contributed by atoms with Crippen molar-refractivity contribution in [1.29, 1.82) is 0 Å². The van der Waals surface area contributed by atoms with Crippen molar-refractivity contribution in [3.63, 3.8) is 0 Å². The fourth-order valence-electron chi connectivity index (χ4n) is 1.53. The molecule has 1 N–H and O–H groups in total. The van der Waals surface area contributed by atoms with E-state index in [0.717, 1.165) is 10.5 Å². The quantitative estimate of drug-likeness (QED) is 0.807. The van der Waals surface area contributed by atoms with Crippen molar-refractivity contribution in [3.8, 4) is 0 Å². The van der Waals surface area contributed by atoms with Crippen LogP contribution in [0.4, 0.5) is 0 Å². The Balaban J connectivity index is 2.78. The van der Waals surface area contributed by atoms with Gasteiger partial charge in [0.1, 0.15) is 0 Å². The third-order valence-corrected chi connectivity index (χ3v) is 2.96. The molecule has 4 heteroatoms. The Morgan fingerprint density at radius 2 is 2.18 bits per heavy atom. The van der Waals surface area contributed by atoms with E-state index in [1.807, 2.05) is 19.1 Å². The van der Waals surface area contributed by atoms with Gasteiger partial charge in [0, 0.05) is 24.1 Å². The molecule has 17 heavy (non-hydrogen) atoms. The lowest BCUT2D eigenvalue weighted by atomic mass is 10.1. The van der Waals surface area contributed by atoms with Crippen LogP contribution in [0.2, 0.25) is 0 Å². The zero-order chi connectivity index (χ0) is 13.0. The molecule has 1 unspecified atom stereocenters. The Morgan fingerprint density at radius 1 is 1.53 bits per heavy atom. The summed E-state index contributed by atoms with van der Waals surface area (Å²) >= 11 is 4.24. The molecule has 0 spiro atoms. The van der Waals surface area contributed by atoms with E-state index >= 15 is 0 Å². The van der Waals surface area contributed by atoms with Crippen molar-refractivity contribution in [2.75, 3.05) is 13.6 Å². The highest BCUT2D eigenvalue weighted by Gasteiger charge is 2.14. The number of hydrogen-bond acceptors (Lipinski definition) is 3. The third kappa shape index (κ3) is 4.06. The SMILES string of the molecule is Cc1ccc(S)cc1C(=O)N(C)CCC(C)O.